The van der Waals surface area contributed by atoms with Gasteiger partial charge < -0.3 is 5.32 Å². The quantitative estimate of drug-likeness (QED) is 0.721. The van der Waals surface area contributed by atoms with Crippen molar-refractivity contribution in [2.24, 2.45) is 5.92 Å². The van der Waals surface area contributed by atoms with Crippen LogP contribution >= 0.6 is 0 Å². The molecule has 0 aromatic heterocycles. The van der Waals surface area contributed by atoms with Gasteiger partial charge in [0.1, 0.15) is 0 Å². The minimum atomic E-state index is -0.567. The highest BCUT2D eigenvalue weighted by Gasteiger charge is 2.29. The van der Waals surface area contributed by atoms with Gasteiger partial charge in [-0.25, -0.2) is 0 Å². The van der Waals surface area contributed by atoms with Crippen molar-refractivity contribution in [3.05, 3.63) is 0 Å². The zero-order valence-electron chi connectivity index (χ0n) is 9.00. The molecule has 0 spiro atoms. The Hall–Kier alpha value is 0.110. The van der Waals surface area contributed by atoms with Crippen LogP contribution < -0.4 is 5.32 Å². The van der Waals surface area contributed by atoms with Crippen LogP contribution in [0.2, 0.25) is 0 Å². The molecule has 1 saturated carbocycles. The molecule has 2 fully saturated rings. The van der Waals surface area contributed by atoms with E-state index < -0.39 is 10.8 Å². The van der Waals surface area contributed by atoms with Crippen molar-refractivity contribution >= 4 is 10.8 Å². The van der Waals surface area contributed by atoms with Crippen molar-refractivity contribution in [2.75, 3.05) is 11.5 Å². The second-order valence-electron chi connectivity index (χ2n) is 4.82. The van der Waals surface area contributed by atoms with Gasteiger partial charge in [0.05, 0.1) is 0 Å². The van der Waals surface area contributed by atoms with Gasteiger partial charge in [0, 0.05) is 34.4 Å². The Morgan fingerprint density at radius 3 is 2.64 bits per heavy atom. The van der Waals surface area contributed by atoms with Gasteiger partial charge >= 0.3 is 0 Å². The van der Waals surface area contributed by atoms with Gasteiger partial charge in [0.25, 0.3) is 0 Å². The Balaban J connectivity index is 1.97. The molecule has 1 aliphatic heterocycles. The molecule has 3 atom stereocenters. The summed E-state index contributed by atoms with van der Waals surface area (Å²) in [7, 11) is -0.567. The lowest BCUT2D eigenvalue weighted by molar-refractivity contribution is 0.355. The van der Waals surface area contributed by atoms with E-state index in [1.54, 1.807) is 0 Å². The first kappa shape index (κ1) is 10.6. The van der Waals surface area contributed by atoms with E-state index in [9.17, 15) is 4.21 Å². The zero-order chi connectivity index (χ0) is 9.97. The average Bonchev–Trinajstić information content (AvgIpc) is 2.61. The standard InChI is InChI=1S/C11H21NOS/c1-9-6-7-14(13)8-11(12-9)10-4-2-3-5-10/h9-12H,2-8H2,1H3. The molecular weight excluding hydrogens is 194 g/mol. The lowest BCUT2D eigenvalue weighted by atomic mass is 9.99. The van der Waals surface area contributed by atoms with E-state index in [1.807, 2.05) is 0 Å². The molecule has 1 aliphatic carbocycles. The van der Waals surface area contributed by atoms with E-state index in [2.05, 4.69) is 12.2 Å². The summed E-state index contributed by atoms with van der Waals surface area (Å²) in [5.74, 6) is 2.60. The summed E-state index contributed by atoms with van der Waals surface area (Å²) in [5.41, 5.74) is 0. The van der Waals surface area contributed by atoms with E-state index in [0.717, 1.165) is 23.8 Å². The van der Waals surface area contributed by atoms with Gasteiger partial charge in [-0.3, -0.25) is 4.21 Å². The molecule has 1 heterocycles. The molecule has 14 heavy (non-hydrogen) atoms. The molecule has 0 bridgehead atoms. The van der Waals surface area contributed by atoms with Gasteiger partial charge in [-0.2, -0.15) is 0 Å². The van der Waals surface area contributed by atoms with Crippen LogP contribution in [-0.2, 0) is 10.8 Å². The van der Waals surface area contributed by atoms with Crippen LogP contribution in [-0.4, -0.2) is 27.8 Å². The van der Waals surface area contributed by atoms with Gasteiger partial charge in [-0.1, -0.05) is 12.8 Å². The zero-order valence-corrected chi connectivity index (χ0v) is 9.81. The van der Waals surface area contributed by atoms with Crippen LogP contribution in [0.15, 0.2) is 0 Å². The van der Waals surface area contributed by atoms with Crippen LogP contribution in [0, 0.1) is 5.92 Å². The summed E-state index contributed by atoms with van der Waals surface area (Å²) in [5, 5.41) is 3.66. The van der Waals surface area contributed by atoms with Gasteiger partial charge in [-0.15, -0.1) is 0 Å². The second kappa shape index (κ2) is 4.75. The molecule has 3 heteroatoms. The van der Waals surface area contributed by atoms with E-state index in [0.29, 0.717) is 12.1 Å². The van der Waals surface area contributed by atoms with E-state index >= 15 is 0 Å². The average molecular weight is 215 g/mol. The van der Waals surface area contributed by atoms with Crippen molar-refractivity contribution in [3.8, 4) is 0 Å². The second-order valence-corrected chi connectivity index (χ2v) is 6.44. The predicted octanol–water partition coefficient (Wildman–Crippen LogP) is 1.68. The number of hydrogen-bond acceptors (Lipinski definition) is 2. The SMILES string of the molecule is CC1CCS(=O)CC(C2CCCC2)N1. The molecule has 82 valence electrons. The normalized spacial score (nSPS) is 41.1. The lowest BCUT2D eigenvalue weighted by Crippen LogP contribution is -2.42. The Labute approximate surface area is 89.3 Å². The molecule has 0 radical (unpaired) electrons. The molecule has 0 amide bonds. The topological polar surface area (TPSA) is 29.1 Å². The summed E-state index contributed by atoms with van der Waals surface area (Å²) in [6.45, 7) is 2.23. The van der Waals surface area contributed by atoms with Gasteiger partial charge in [0.15, 0.2) is 0 Å². The van der Waals surface area contributed by atoms with Crippen LogP contribution in [0.5, 0.6) is 0 Å². The van der Waals surface area contributed by atoms with Crippen LogP contribution in [0.4, 0.5) is 0 Å². The van der Waals surface area contributed by atoms with E-state index in [4.69, 9.17) is 0 Å². The Kier molecular flexibility index (Phi) is 3.61. The number of hydrogen-bond donors (Lipinski definition) is 1. The molecule has 2 rings (SSSR count). The number of rotatable bonds is 1. The maximum absolute atomic E-state index is 11.7. The third-order valence-corrected chi connectivity index (χ3v) is 5.03. The first-order valence-corrected chi connectivity index (χ1v) is 7.35. The van der Waals surface area contributed by atoms with E-state index in [-0.39, 0.29) is 0 Å². The minimum absolute atomic E-state index is 0.538. The molecule has 0 aromatic rings. The maximum atomic E-state index is 11.7. The lowest BCUT2D eigenvalue weighted by Gasteiger charge is -2.24. The summed E-state index contributed by atoms with van der Waals surface area (Å²) >= 11 is 0. The predicted molar refractivity (Wildman–Crippen MR) is 60.8 cm³/mol. The van der Waals surface area contributed by atoms with Gasteiger partial charge in [0.2, 0.25) is 0 Å². The van der Waals surface area contributed by atoms with Crippen LogP contribution in [0.1, 0.15) is 39.0 Å². The maximum Gasteiger partial charge on any atom is 0.0391 e. The molecule has 1 N–H and O–H groups in total. The Bertz CT molecular complexity index is 213. The largest absolute Gasteiger partial charge is 0.310 e. The Morgan fingerprint density at radius 1 is 1.21 bits per heavy atom. The van der Waals surface area contributed by atoms with Crippen molar-refractivity contribution in [2.45, 2.75) is 51.1 Å². The van der Waals surface area contributed by atoms with Crippen molar-refractivity contribution in [3.63, 3.8) is 0 Å². The highest BCUT2D eigenvalue weighted by molar-refractivity contribution is 7.85. The Morgan fingerprint density at radius 2 is 1.93 bits per heavy atom. The fraction of sp³-hybridized carbons (Fsp3) is 1.00. The van der Waals surface area contributed by atoms with Crippen molar-refractivity contribution in [1.29, 1.82) is 0 Å². The molecular formula is C11H21NOS. The summed E-state index contributed by atoms with van der Waals surface area (Å²) in [6.07, 6.45) is 6.53. The fourth-order valence-electron chi connectivity index (χ4n) is 2.72. The molecule has 2 aliphatic rings. The third-order valence-electron chi connectivity index (χ3n) is 3.61. The first-order valence-electron chi connectivity index (χ1n) is 5.87. The van der Waals surface area contributed by atoms with Crippen LogP contribution in [0.3, 0.4) is 0 Å². The summed E-state index contributed by atoms with van der Waals surface area (Å²) in [4.78, 5) is 0. The highest BCUT2D eigenvalue weighted by Crippen LogP contribution is 2.29. The van der Waals surface area contributed by atoms with Crippen LogP contribution in [0.25, 0.3) is 0 Å². The summed E-state index contributed by atoms with van der Waals surface area (Å²) < 4.78 is 11.7. The summed E-state index contributed by atoms with van der Waals surface area (Å²) in [6, 6.07) is 1.10. The van der Waals surface area contributed by atoms with E-state index in [1.165, 1.54) is 25.7 Å². The number of nitrogens with one attached hydrogen (secondary N) is 1. The first-order chi connectivity index (χ1) is 6.75. The smallest absolute Gasteiger partial charge is 0.0391 e. The third kappa shape index (κ3) is 2.57. The molecule has 2 nitrogen and oxygen atoms in total. The van der Waals surface area contributed by atoms with Crippen molar-refractivity contribution in [1.82, 2.24) is 5.32 Å². The highest BCUT2D eigenvalue weighted by atomic mass is 32.2. The molecule has 0 aromatic carbocycles. The molecule has 1 saturated heterocycles. The van der Waals surface area contributed by atoms with Gasteiger partial charge in [-0.05, 0) is 32.1 Å². The van der Waals surface area contributed by atoms with Crippen molar-refractivity contribution < 1.29 is 4.21 Å². The minimum Gasteiger partial charge on any atom is -0.310 e. The molecule has 3 unspecified atom stereocenters. The fourth-order valence-corrected chi connectivity index (χ4v) is 4.27. The monoisotopic (exact) mass is 215 g/mol.